The van der Waals surface area contributed by atoms with Crippen molar-refractivity contribution < 1.29 is 9.53 Å². The number of piperazine rings is 1. The molecular weight excluding hydrogens is 342 g/mol. The lowest BCUT2D eigenvalue weighted by molar-refractivity contribution is 0.0561. The number of imidazole rings is 1. The molecule has 144 valence electrons. The summed E-state index contributed by atoms with van der Waals surface area (Å²) in [5.74, 6) is 0. The third-order valence-electron chi connectivity index (χ3n) is 5.35. The summed E-state index contributed by atoms with van der Waals surface area (Å²) in [7, 11) is 0. The van der Waals surface area contributed by atoms with Gasteiger partial charge in [0.05, 0.1) is 18.1 Å². The number of aromatic nitrogens is 2. The van der Waals surface area contributed by atoms with Crippen LogP contribution in [0, 0.1) is 0 Å². The number of carbonyl (C=O) groups excluding carboxylic acids is 1. The summed E-state index contributed by atoms with van der Waals surface area (Å²) >= 11 is 0. The van der Waals surface area contributed by atoms with Crippen molar-refractivity contribution in [3.05, 3.63) is 48.5 Å². The fourth-order valence-corrected chi connectivity index (χ4v) is 3.81. The van der Waals surface area contributed by atoms with Crippen LogP contribution in [0.5, 0.6) is 0 Å². The zero-order valence-corrected chi connectivity index (χ0v) is 15.6. The van der Waals surface area contributed by atoms with Gasteiger partial charge in [-0.25, -0.2) is 9.78 Å². The molecule has 0 spiro atoms. The van der Waals surface area contributed by atoms with Gasteiger partial charge in [-0.1, -0.05) is 18.2 Å². The van der Waals surface area contributed by atoms with E-state index in [-0.39, 0.29) is 6.03 Å². The molecule has 2 aliphatic heterocycles. The molecule has 27 heavy (non-hydrogen) atoms. The molecule has 2 saturated heterocycles. The highest BCUT2D eigenvalue weighted by Gasteiger charge is 2.24. The van der Waals surface area contributed by atoms with Crippen molar-refractivity contribution in [1.29, 1.82) is 0 Å². The smallest absolute Gasteiger partial charge is 0.317 e. The van der Waals surface area contributed by atoms with Crippen molar-refractivity contribution in [3.63, 3.8) is 0 Å². The number of benzene rings is 1. The second kappa shape index (κ2) is 8.54. The van der Waals surface area contributed by atoms with Crippen LogP contribution in [0.15, 0.2) is 43.0 Å². The van der Waals surface area contributed by atoms with Crippen molar-refractivity contribution in [2.24, 2.45) is 0 Å². The monoisotopic (exact) mass is 369 g/mol. The fraction of sp³-hybridized carbons (Fsp3) is 0.500. The SMILES string of the molecule is O=C(NCc1ccccc1-n1ccnc1)N1CCN(CC2CCCO2)CC1. The normalized spacial score (nSPS) is 20.7. The highest BCUT2D eigenvalue weighted by atomic mass is 16.5. The Kier molecular flexibility index (Phi) is 5.69. The predicted molar refractivity (Wildman–Crippen MR) is 103 cm³/mol. The summed E-state index contributed by atoms with van der Waals surface area (Å²) in [4.78, 5) is 21.0. The Labute approximate surface area is 159 Å². The number of urea groups is 1. The first-order valence-electron chi connectivity index (χ1n) is 9.72. The number of carbonyl (C=O) groups is 1. The molecule has 2 aliphatic rings. The van der Waals surface area contributed by atoms with Crippen molar-refractivity contribution in [3.8, 4) is 5.69 Å². The van der Waals surface area contributed by atoms with Crippen molar-refractivity contribution in [2.75, 3.05) is 39.3 Å². The predicted octanol–water partition coefficient (Wildman–Crippen LogP) is 1.88. The Hall–Kier alpha value is -2.38. The summed E-state index contributed by atoms with van der Waals surface area (Å²) in [6.45, 7) is 5.76. The molecule has 0 bridgehead atoms. The number of nitrogens with zero attached hydrogens (tertiary/aromatic N) is 4. The van der Waals surface area contributed by atoms with Crippen LogP contribution in [0.3, 0.4) is 0 Å². The third-order valence-corrected chi connectivity index (χ3v) is 5.35. The van der Waals surface area contributed by atoms with E-state index in [4.69, 9.17) is 4.74 Å². The third kappa shape index (κ3) is 4.48. The lowest BCUT2D eigenvalue weighted by Crippen LogP contribution is -2.52. The first kappa shape index (κ1) is 18.0. The quantitative estimate of drug-likeness (QED) is 0.874. The summed E-state index contributed by atoms with van der Waals surface area (Å²) in [6, 6.07) is 8.06. The molecule has 1 N–H and O–H groups in total. The number of rotatable bonds is 5. The lowest BCUT2D eigenvalue weighted by atomic mass is 10.1. The van der Waals surface area contributed by atoms with Crippen LogP contribution in [-0.2, 0) is 11.3 Å². The van der Waals surface area contributed by atoms with Crippen LogP contribution in [-0.4, -0.2) is 70.8 Å². The molecule has 2 amide bonds. The molecule has 3 heterocycles. The molecule has 7 nitrogen and oxygen atoms in total. The number of ether oxygens (including phenoxy) is 1. The second-order valence-corrected chi connectivity index (χ2v) is 7.18. The summed E-state index contributed by atoms with van der Waals surface area (Å²) in [6.07, 6.45) is 8.16. The van der Waals surface area contributed by atoms with E-state index in [1.807, 2.05) is 39.9 Å². The maximum Gasteiger partial charge on any atom is 0.317 e. The molecule has 1 atom stereocenters. The van der Waals surface area contributed by atoms with Gasteiger partial charge in [0, 0.05) is 58.3 Å². The van der Waals surface area contributed by atoms with Crippen LogP contribution in [0.4, 0.5) is 4.79 Å². The largest absolute Gasteiger partial charge is 0.377 e. The average molecular weight is 369 g/mol. The van der Waals surface area contributed by atoms with Gasteiger partial charge < -0.3 is 19.5 Å². The van der Waals surface area contributed by atoms with Crippen LogP contribution in [0.1, 0.15) is 18.4 Å². The highest BCUT2D eigenvalue weighted by Crippen LogP contribution is 2.16. The molecule has 7 heteroatoms. The molecular formula is C20H27N5O2. The van der Waals surface area contributed by atoms with Gasteiger partial charge in [-0.2, -0.15) is 0 Å². The van der Waals surface area contributed by atoms with E-state index < -0.39 is 0 Å². The van der Waals surface area contributed by atoms with E-state index in [2.05, 4.69) is 15.2 Å². The molecule has 0 aliphatic carbocycles. The Morgan fingerprint density at radius 2 is 2.07 bits per heavy atom. The Morgan fingerprint density at radius 3 is 2.81 bits per heavy atom. The summed E-state index contributed by atoms with van der Waals surface area (Å²) in [5.41, 5.74) is 2.11. The number of nitrogens with one attached hydrogen (secondary N) is 1. The zero-order valence-electron chi connectivity index (χ0n) is 15.6. The number of para-hydroxylation sites is 1. The molecule has 2 fully saturated rings. The molecule has 0 radical (unpaired) electrons. The molecule has 4 rings (SSSR count). The highest BCUT2D eigenvalue weighted by molar-refractivity contribution is 5.74. The van der Waals surface area contributed by atoms with E-state index in [1.165, 1.54) is 6.42 Å². The Morgan fingerprint density at radius 1 is 1.22 bits per heavy atom. The van der Waals surface area contributed by atoms with Crippen molar-refractivity contribution in [1.82, 2.24) is 24.7 Å². The molecule has 1 unspecified atom stereocenters. The topological polar surface area (TPSA) is 62.6 Å². The molecule has 0 saturated carbocycles. The minimum absolute atomic E-state index is 0.00667. The van der Waals surface area contributed by atoms with Gasteiger partial charge in [-0.15, -0.1) is 0 Å². The van der Waals surface area contributed by atoms with E-state index in [0.717, 1.165) is 57.0 Å². The molecule has 1 aromatic carbocycles. The van der Waals surface area contributed by atoms with Gasteiger partial charge in [0.1, 0.15) is 0 Å². The van der Waals surface area contributed by atoms with Gasteiger partial charge in [0.15, 0.2) is 0 Å². The minimum atomic E-state index is 0.00667. The van der Waals surface area contributed by atoms with Crippen LogP contribution in [0.25, 0.3) is 5.69 Å². The van der Waals surface area contributed by atoms with E-state index in [1.54, 1.807) is 12.5 Å². The summed E-state index contributed by atoms with van der Waals surface area (Å²) < 4.78 is 7.68. The zero-order chi connectivity index (χ0) is 18.5. The van der Waals surface area contributed by atoms with E-state index in [9.17, 15) is 4.79 Å². The average Bonchev–Trinajstić information content (AvgIpc) is 3.41. The number of hydrogen-bond acceptors (Lipinski definition) is 4. The van der Waals surface area contributed by atoms with Crippen LogP contribution >= 0.6 is 0 Å². The summed E-state index contributed by atoms with van der Waals surface area (Å²) in [5, 5.41) is 3.07. The van der Waals surface area contributed by atoms with Crippen LogP contribution in [0.2, 0.25) is 0 Å². The van der Waals surface area contributed by atoms with Crippen LogP contribution < -0.4 is 5.32 Å². The first-order chi connectivity index (χ1) is 13.3. The van der Waals surface area contributed by atoms with Gasteiger partial charge in [-0.3, -0.25) is 4.90 Å². The van der Waals surface area contributed by atoms with E-state index >= 15 is 0 Å². The molecule has 2 aromatic rings. The maximum atomic E-state index is 12.6. The van der Waals surface area contributed by atoms with E-state index in [0.29, 0.717) is 12.6 Å². The van der Waals surface area contributed by atoms with Gasteiger partial charge >= 0.3 is 6.03 Å². The van der Waals surface area contributed by atoms with Crippen molar-refractivity contribution >= 4 is 6.03 Å². The second-order valence-electron chi connectivity index (χ2n) is 7.18. The van der Waals surface area contributed by atoms with Gasteiger partial charge in [0.25, 0.3) is 0 Å². The lowest BCUT2D eigenvalue weighted by Gasteiger charge is -2.35. The van der Waals surface area contributed by atoms with Crippen molar-refractivity contribution in [2.45, 2.75) is 25.5 Å². The molecule has 1 aromatic heterocycles. The standard InChI is InChI=1S/C20H27N5O2/c26-20(24-11-9-23(10-12-24)15-18-5-3-13-27-18)22-14-17-4-1-2-6-19(17)25-8-7-21-16-25/h1-2,4,6-8,16,18H,3,5,9-15H2,(H,22,26). The van der Waals surface area contributed by atoms with Gasteiger partial charge in [0.2, 0.25) is 0 Å². The Bertz CT molecular complexity index is 735. The maximum absolute atomic E-state index is 12.6. The minimum Gasteiger partial charge on any atom is -0.377 e. The fourth-order valence-electron chi connectivity index (χ4n) is 3.81. The van der Waals surface area contributed by atoms with Gasteiger partial charge in [-0.05, 0) is 24.5 Å². The number of amides is 2. The Balaban J connectivity index is 1.27. The number of hydrogen-bond donors (Lipinski definition) is 1. The first-order valence-corrected chi connectivity index (χ1v) is 9.72.